The second-order valence-electron chi connectivity index (χ2n) is 5.83. The molecular weight excluding hydrogens is 306 g/mol. The number of hydrogen-bond acceptors (Lipinski definition) is 1. The summed E-state index contributed by atoms with van der Waals surface area (Å²) in [5.74, 6) is -1.33. The van der Waals surface area contributed by atoms with Gasteiger partial charge in [-0.05, 0) is 56.4 Å². The van der Waals surface area contributed by atoms with Gasteiger partial charge in [-0.1, -0.05) is 6.92 Å². The molecule has 0 saturated heterocycles. The highest BCUT2D eigenvalue weighted by molar-refractivity contribution is 7.84. The Labute approximate surface area is 124 Å². The molecule has 1 aromatic carbocycles. The normalized spacial score (nSPS) is 15.9. The Morgan fingerprint density at radius 1 is 1.29 bits per heavy atom. The fourth-order valence-corrected chi connectivity index (χ4v) is 2.85. The number of hydrogen-bond donors (Lipinski definition) is 1. The lowest BCUT2D eigenvalue weighted by Crippen LogP contribution is -2.33. The molecule has 120 valence electrons. The van der Waals surface area contributed by atoms with Crippen LogP contribution in [0.15, 0.2) is 12.1 Å². The zero-order valence-electron chi connectivity index (χ0n) is 12.3. The molecule has 0 aliphatic rings. The van der Waals surface area contributed by atoms with Gasteiger partial charge in [-0.2, -0.15) is 13.2 Å². The van der Waals surface area contributed by atoms with Gasteiger partial charge >= 0.3 is 6.18 Å². The Morgan fingerprint density at radius 3 is 2.24 bits per heavy atom. The van der Waals surface area contributed by atoms with Crippen LogP contribution in [0.1, 0.15) is 49.8 Å². The predicted octanol–water partition coefficient (Wildman–Crippen LogP) is 4.05. The number of benzene rings is 1. The van der Waals surface area contributed by atoms with Crippen LogP contribution in [-0.2, 0) is 17.2 Å². The fraction of sp³-hybridized carbons (Fsp3) is 0.571. The van der Waals surface area contributed by atoms with Gasteiger partial charge in [-0.3, -0.25) is 5.14 Å². The molecule has 0 heterocycles. The van der Waals surface area contributed by atoms with Crippen LogP contribution in [0.5, 0.6) is 0 Å². The summed E-state index contributed by atoms with van der Waals surface area (Å²) in [6.07, 6.45) is -4.31. The summed E-state index contributed by atoms with van der Waals surface area (Å²) in [6.45, 7) is 6.33. The van der Waals surface area contributed by atoms with Crippen molar-refractivity contribution in [3.05, 3.63) is 34.6 Å². The monoisotopic (exact) mass is 325 g/mol. The van der Waals surface area contributed by atoms with Gasteiger partial charge in [0.25, 0.3) is 0 Å². The topological polar surface area (TPSA) is 43.1 Å². The Bertz CT molecular complexity index is 555. The molecule has 1 aromatic rings. The summed E-state index contributed by atoms with van der Waals surface area (Å²) in [4.78, 5) is 0. The second kappa shape index (κ2) is 6.04. The maximum Gasteiger partial charge on any atom is 0.416 e. The third kappa shape index (κ3) is 4.26. The summed E-state index contributed by atoms with van der Waals surface area (Å²) in [7, 11) is -1.62. The molecule has 1 rings (SSSR count). The minimum absolute atomic E-state index is 0.00463. The van der Waals surface area contributed by atoms with Gasteiger partial charge < -0.3 is 0 Å². The lowest BCUT2D eigenvalue weighted by molar-refractivity contribution is -0.138. The van der Waals surface area contributed by atoms with E-state index in [4.69, 9.17) is 5.14 Å². The van der Waals surface area contributed by atoms with E-state index in [1.807, 2.05) is 0 Å². The first kappa shape index (κ1) is 18.1. The number of nitrogens with two attached hydrogens (primary N) is 1. The highest BCUT2D eigenvalue weighted by atomic mass is 32.2. The van der Waals surface area contributed by atoms with Crippen molar-refractivity contribution in [1.82, 2.24) is 0 Å². The molecule has 0 amide bonds. The molecule has 0 aliphatic heterocycles. The average molecular weight is 325 g/mol. The standard InChI is InChI=1S/C14H19F4NOS/c1-8(7-13(3,4)21(19)20)11-5-10(15)6-12(9(11)2)14(16,17)18/h5-6,8H,7,19H2,1-4H3/t8-,21?/m1/s1. The first-order chi connectivity index (χ1) is 9.36. The molecule has 7 heteroatoms. The molecule has 21 heavy (non-hydrogen) atoms. The van der Waals surface area contributed by atoms with Crippen LogP contribution in [0.2, 0.25) is 0 Å². The van der Waals surface area contributed by atoms with Crippen molar-refractivity contribution >= 4 is 11.0 Å². The van der Waals surface area contributed by atoms with Crippen molar-refractivity contribution < 1.29 is 21.8 Å². The molecular formula is C14H19F4NOS. The quantitative estimate of drug-likeness (QED) is 0.834. The van der Waals surface area contributed by atoms with Crippen LogP contribution in [0, 0.1) is 12.7 Å². The van der Waals surface area contributed by atoms with Crippen LogP contribution in [-0.4, -0.2) is 8.96 Å². The van der Waals surface area contributed by atoms with Crippen molar-refractivity contribution in [2.24, 2.45) is 5.14 Å². The predicted molar refractivity (Wildman–Crippen MR) is 75.6 cm³/mol. The van der Waals surface area contributed by atoms with Crippen LogP contribution < -0.4 is 5.14 Å². The maximum absolute atomic E-state index is 13.5. The Hall–Kier alpha value is -0.950. The SMILES string of the molecule is Cc1c([C@H](C)CC(C)(C)S(N)=O)cc(F)cc1C(F)(F)F. The van der Waals surface area contributed by atoms with Gasteiger partial charge in [0.15, 0.2) is 0 Å². The van der Waals surface area contributed by atoms with Crippen LogP contribution >= 0.6 is 0 Å². The largest absolute Gasteiger partial charge is 0.416 e. The Kier molecular flexibility index (Phi) is 5.21. The Balaban J connectivity index is 3.25. The van der Waals surface area contributed by atoms with E-state index >= 15 is 0 Å². The molecule has 2 nitrogen and oxygen atoms in total. The highest BCUT2D eigenvalue weighted by Gasteiger charge is 2.35. The third-order valence-electron chi connectivity index (χ3n) is 3.59. The first-order valence-corrected chi connectivity index (χ1v) is 7.61. The first-order valence-electron chi connectivity index (χ1n) is 6.39. The molecule has 0 spiro atoms. The van der Waals surface area contributed by atoms with Crippen LogP contribution in [0.3, 0.4) is 0 Å². The molecule has 2 N–H and O–H groups in total. The minimum atomic E-state index is -4.60. The second-order valence-corrected chi connectivity index (χ2v) is 7.53. The van der Waals surface area contributed by atoms with E-state index in [1.54, 1.807) is 20.8 Å². The van der Waals surface area contributed by atoms with Crippen molar-refractivity contribution in [1.29, 1.82) is 0 Å². The fourth-order valence-electron chi connectivity index (χ4n) is 2.44. The molecule has 0 fully saturated rings. The summed E-state index contributed by atoms with van der Waals surface area (Å²) < 4.78 is 62.9. The van der Waals surface area contributed by atoms with E-state index in [2.05, 4.69) is 0 Å². The van der Waals surface area contributed by atoms with Gasteiger partial charge in [0.2, 0.25) is 0 Å². The average Bonchev–Trinajstić information content (AvgIpc) is 2.29. The van der Waals surface area contributed by atoms with Crippen molar-refractivity contribution in [3.63, 3.8) is 0 Å². The smallest absolute Gasteiger partial charge is 0.251 e. The van der Waals surface area contributed by atoms with E-state index in [-0.39, 0.29) is 17.5 Å². The molecule has 0 aromatic heterocycles. The van der Waals surface area contributed by atoms with Gasteiger partial charge in [0.05, 0.1) is 21.3 Å². The van der Waals surface area contributed by atoms with Crippen LogP contribution in [0.25, 0.3) is 0 Å². The molecule has 2 atom stereocenters. The Morgan fingerprint density at radius 2 is 1.81 bits per heavy atom. The van der Waals surface area contributed by atoms with Gasteiger partial charge in [0.1, 0.15) is 5.82 Å². The zero-order valence-corrected chi connectivity index (χ0v) is 13.2. The third-order valence-corrected chi connectivity index (χ3v) is 4.85. The zero-order chi connectivity index (χ0) is 16.6. The van der Waals surface area contributed by atoms with E-state index in [0.29, 0.717) is 6.07 Å². The molecule has 0 radical (unpaired) electrons. The van der Waals surface area contributed by atoms with E-state index in [9.17, 15) is 21.8 Å². The molecule has 0 saturated carbocycles. The van der Waals surface area contributed by atoms with E-state index in [0.717, 1.165) is 6.07 Å². The lowest BCUT2D eigenvalue weighted by atomic mass is 9.87. The van der Waals surface area contributed by atoms with Crippen molar-refractivity contribution in [2.75, 3.05) is 0 Å². The molecule has 1 unspecified atom stereocenters. The molecule has 0 bridgehead atoms. The van der Waals surface area contributed by atoms with Crippen molar-refractivity contribution in [3.8, 4) is 0 Å². The summed E-state index contributed by atoms with van der Waals surface area (Å²) in [5, 5.41) is 5.38. The highest BCUT2D eigenvalue weighted by Crippen LogP contribution is 2.38. The number of rotatable bonds is 4. The number of alkyl halides is 3. The van der Waals surface area contributed by atoms with Gasteiger partial charge in [0, 0.05) is 0 Å². The van der Waals surface area contributed by atoms with Crippen molar-refractivity contribution in [2.45, 2.75) is 51.0 Å². The van der Waals surface area contributed by atoms with E-state index in [1.165, 1.54) is 6.92 Å². The minimum Gasteiger partial charge on any atom is -0.251 e. The summed E-state index contributed by atoms with van der Waals surface area (Å²) in [6, 6.07) is 1.60. The summed E-state index contributed by atoms with van der Waals surface area (Å²) in [5.41, 5.74) is -0.716. The van der Waals surface area contributed by atoms with Gasteiger partial charge in [-0.25, -0.2) is 8.60 Å². The lowest BCUT2D eigenvalue weighted by Gasteiger charge is -2.27. The van der Waals surface area contributed by atoms with Crippen LogP contribution in [0.4, 0.5) is 17.6 Å². The number of halogens is 4. The summed E-state index contributed by atoms with van der Waals surface area (Å²) >= 11 is 0. The van der Waals surface area contributed by atoms with E-state index < -0.39 is 39.2 Å². The molecule has 0 aliphatic carbocycles. The maximum atomic E-state index is 13.5. The van der Waals surface area contributed by atoms with Gasteiger partial charge in [-0.15, -0.1) is 0 Å².